The number of carboxylic acids is 1. The van der Waals surface area contributed by atoms with E-state index in [-0.39, 0.29) is 5.69 Å². The highest BCUT2D eigenvalue weighted by atomic mass is 16.4. The van der Waals surface area contributed by atoms with Crippen LogP contribution >= 0.6 is 0 Å². The van der Waals surface area contributed by atoms with Crippen molar-refractivity contribution in [3.63, 3.8) is 0 Å². The zero-order valence-corrected chi connectivity index (χ0v) is 8.08. The molecule has 0 saturated carbocycles. The van der Waals surface area contributed by atoms with E-state index >= 15 is 0 Å². The maximum Gasteiger partial charge on any atom is 0.326 e. The minimum Gasteiger partial charge on any atom is -0.480 e. The van der Waals surface area contributed by atoms with E-state index in [1.165, 1.54) is 6.20 Å². The molecule has 0 amide bonds. The Kier molecular flexibility index (Phi) is 2.12. The minimum atomic E-state index is -1.14. The van der Waals surface area contributed by atoms with Gasteiger partial charge in [-0.3, -0.25) is 9.78 Å². The van der Waals surface area contributed by atoms with Crippen LogP contribution in [0.4, 0.5) is 0 Å². The molecule has 0 spiro atoms. The minimum absolute atomic E-state index is 0.276. The molecular weight excluding hydrogens is 196 g/mol. The lowest BCUT2D eigenvalue weighted by Crippen LogP contribution is -2.22. The molecule has 0 bridgehead atoms. The Morgan fingerprint density at radius 3 is 3.07 bits per heavy atom. The van der Waals surface area contributed by atoms with Crippen molar-refractivity contribution < 1.29 is 9.90 Å². The van der Waals surface area contributed by atoms with Crippen LogP contribution in [-0.4, -0.2) is 25.4 Å². The largest absolute Gasteiger partial charge is 0.480 e. The van der Waals surface area contributed by atoms with Crippen LogP contribution in [0.25, 0.3) is 5.65 Å². The lowest BCUT2D eigenvalue weighted by atomic mass is 10.2. The van der Waals surface area contributed by atoms with Crippen LogP contribution in [0.3, 0.4) is 0 Å². The van der Waals surface area contributed by atoms with E-state index < -0.39 is 12.0 Å². The quantitative estimate of drug-likeness (QED) is 0.728. The monoisotopic (exact) mass is 206 g/mol. The van der Waals surface area contributed by atoms with Crippen molar-refractivity contribution in [3.8, 4) is 0 Å². The van der Waals surface area contributed by atoms with Crippen molar-refractivity contribution in [2.24, 2.45) is 5.73 Å². The second kappa shape index (κ2) is 3.32. The molecule has 0 radical (unpaired) electrons. The van der Waals surface area contributed by atoms with Gasteiger partial charge in [0.2, 0.25) is 0 Å². The molecule has 1 unspecified atom stereocenters. The number of aromatic nitrogens is 3. The van der Waals surface area contributed by atoms with Crippen molar-refractivity contribution in [2.45, 2.75) is 13.0 Å². The second-order valence-electron chi connectivity index (χ2n) is 3.24. The molecular formula is C9H10N4O2. The Labute approximate surface area is 85.4 Å². The summed E-state index contributed by atoms with van der Waals surface area (Å²) in [6.07, 6.45) is 4.99. The lowest BCUT2D eigenvalue weighted by molar-refractivity contribution is -0.138. The normalized spacial score (nSPS) is 12.9. The molecule has 0 fully saturated rings. The molecule has 2 aromatic rings. The van der Waals surface area contributed by atoms with Crippen LogP contribution in [0.15, 0.2) is 18.6 Å². The number of aryl methyl sites for hydroxylation is 1. The fraction of sp³-hybridized carbons (Fsp3) is 0.222. The van der Waals surface area contributed by atoms with Crippen molar-refractivity contribution >= 4 is 11.6 Å². The Hall–Kier alpha value is -1.95. The van der Waals surface area contributed by atoms with Gasteiger partial charge in [-0.25, -0.2) is 4.98 Å². The number of carboxylic acid groups (broad SMARTS) is 1. The number of hydrogen-bond donors (Lipinski definition) is 2. The molecule has 0 aliphatic heterocycles. The van der Waals surface area contributed by atoms with Gasteiger partial charge in [0.1, 0.15) is 11.7 Å². The lowest BCUT2D eigenvalue weighted by Gasteiger charge is -2.06. The number of rotatable bonds is 2. The molecule has 0 aliphatic carbocycles. The van der Waals surface area contributed by atoms with Crippen molar-refractivity contribution in [3.05, 3.63) is 30.0 Å². The van der Waals surface area contributed by atoms with Crippen LogP contribution in [0.1, 0.15) is 17.4 Å². The van der Waals surface area contributed by atoms with Gasteiger partial charge in [0.05, 0.1) is 5.69 Å². The first-order valence-electron chi connectivity index (χ1n) is 4.38. The summed E-state index contributed by atoms with van der Waals surface area (Å²) in [6.45, 7) is 1.82. The smallest absolute Gasteiger partial charge is 0.326 e. The Morgan fingerprint density at radius 2 is 2.40 bits per heavy atom. The number of imidazole rings is 1. The first-order chi connectivity index (χ1) is 7.09. The molecule has 3 N–H and O–H groups in total. The van der Waals surface area contributed by atoms with E-state index in [4.69, 9.17) is 10.8 Å². The molecule has 15 heavy (non-hydrogen) atoms. The summed E-state index contributed by atoms with van der Waals surface area (Å²) < 4.78 is 1.71. The Bertz CT molecular complexity index is 520. The average Bonchev–Trinajstić information content (AvgIpc) is 2.56. The van der Waals surface area contributed by atoms with Gasteiger partial charge in [-0.2, -0.15) is 0 Å². The molecule has 0 aliphatic rings. The predicted molar refractivity (Wildman–Crippen MR) is 52.3 cm³/mol. The summed E-state index contributed by atoms with van der Waals surface area (Å²) in [5.41, 5.74) is 7.06. The Morgan fingerprint density at radius 1 is 1.67 bits per heavy atom. The SMILES string of the molecule is Cc1cn2ccnc(C(N)C(=O)O)c2n1. The predicted octanol–water partition coefficient (Wildman–Crippen LogP) is 0.122. The third kappa shape index (κ3) is 1.55. The number of hydrogen-bond acceptors (Lipinski definition) is 4. The zero-order chi connectivity index (χ0) is 11.0. The first-order valence-corrected chi connectivity index (χ1v) is 4.38. The van der Waals surface area contributed by atoms with Crippen molar-refractivity contribution in [1.29, 1.82) is 0 Å². The molecule has 6 nitrogen and oxygen atoms in total. The summed E-state index contributed by atoms with van der Waals surface area (Å²) >= 11 is 0. The number of aliphatic carboxylic acids is 1. The maximum atomic E-state index is 10.7. The summed E-state index contributed by atoms with van der Waals surface area (Å²) in [5, 5.41) is 8.80. The highest BCUT2D eigenvalue weighted by molar-refractivity contribution is 5.77. The average molecular weight is 206 g/mol. The molecule has 78 valence electrons. The van der Waals surface area contributed by atoms with Gasteiger partial charge in [0, 0.05) is 18.6 Å². The summed E-state index contributed by atoms with van der Waals surface area (Å²) in [5.74, 6) is -1.11. The van der Waals surface area contributed by atoms with Gasteiger partial charge < -0.3 is 15.2 Å². The summed E-state index contributed by atoms with van der Waals surface area (Å²) in [4.78, 5) is 18.9. The zero-order valence-electron chi connectivity index (χ0n) is 8.08. The van der Waals surface area contributed by atoms with E-state index in [9.17, 15) is 4.79 Å². The van der Waals surface area contributed by atoms with Gasteiger partial charge in [-0.05, 0) is 6.92 Å². The maximum absolute atomic E-state index is 10.7. The molecule has 1 atom stereocenters. The summed E-state index contributed by atoms with van der Waals surface area (Å²) in [6, 6.07) is -1.14. The number of nitrogens with two attached hydrogens (primary N) is 1. The van der Waals surface area contributed by atoms with Crippen molar-refractivity contribution in [2.75, 3.05) is 0 Å². The fourth-order valence-corrected chi connectivity index (χ4v) is 1.40. The van der Waals surface area contributed by atoms with E-state index in [0.29, 0.717) is 5.65 Å². The molecule has 2 rings (SSSR count). The number of nitrogens with zero attached hydrogens (tertiary/aromatic N) is 3. The molecule has 6 heteroatoms. The van der Waals surface area contributed by atoms with E-state index in [1.807, 2.05) is 6.92 Å². The van der Waals surface area contributed by atoms with Crippen LogP contribution in [0.2, 0.25) is 0 Å². The van der Waals surface area contributed by atoms with Gasteiger partial charge in [-0.15, -0.1) is 0 Å². The van der Waals surface area contributed by atoms with Crippen LogP contribution in [-0.2, 0) is 4.79 Å². The highest BCUT2D eigenvalue weighted by Gasteiger charge is 2.19. The van der Waals surface area contributed by atoms with Crippen molar-refractivity contribution in [1.82, 2.24) is 14.4 Å². The first kappa shape index (κ1) is 9.60. The molecule has 2 aromatic heterocycles. The highest BCUT2D eigenvalue weighted by Crippen LogP contribution is 2.14. The third-order valence-electron chi connectivity index (χ3n) is 2.08. The molecule has 0 aromatic carbocycles. The van der Waals surface area contributed by atoms with Gasteiger partial charge in [0.25, 0.3) is 0 Å². The number of carbonyl (C=O) groups is 1. The Balaban J connectivity index is 2.64. The van der Waals surface area contributed by atoms with E-state index in [2.05, 4.69) is 9.97 Å². The van der Waals surface area contributed by atoms with Crippen LogP contribution in [0, 0.1) is 6.92 Å². The topological polar surface area (TPSA) is 93.5 Å². The molecule has 2 heterocycles. The number of fused-ring (bicyclic) bond motifs is 1. The van der Waals surface area contributed by atoms with Gasteiger partial charge in [-0.1, -0.05) is 0 Å². The van der Waals surface area contributed by atoms with E-state index in [0.717, 1.165) is 5.69 Å². The van der Waals surface area contributed by atoms with E-state index in [1.54, 1.807) is 16.8 Å². The third-order valence-corrected chi connectivity index (χ3v) is 2.08. The summed E-state index contributed by atoms with van der Waals surface area (Å²) in [7, 11) is 0. The van der Waals surface area contributed by atoms with Crippen LogP contribution < -0.4 is 5.73 Å². The standard InChI is InChI=1S/C9H10N4O2/c1-5-4-13-3-2-11-7(8(13)12-5)6(10)9(14)15/h2-4,6H,10H2,1H3,(H,14,15). The van der Waals surface area contributed by atoms with Gasteiger partial charge in [0.15, 0.2) is 5.65 Å². The molecule has 0 saturated heterocycles. The fourth-order valence-electron chi connectivity index (χ4n) is 1.40. The van der Waals surface area contributed by atoms with Gasteiger partial charge >= 0.3 is 5.97 Å². The second-order valence-corrected chi connectivity index (χ2v) is 3.24. The van der Waals surface area contributed by atoms with Crippen LogP contribution in [0.5, 0.6) is 0 Å².